The molecule has 122 valence electrons. The van der Waals surface area contributed by atoms with E-state index in [0.29, 0.717) is 0 Å². The molecule has 1 atom stereocenters. The molecule has 23 heavy (non-hydrogen) atoms. The molecule has 2 amide bonds. The van der Waals surface area contributed by atoms with Crippen LogP contribution in [-0.2, 0) is 5.54 Å². The van der Waals surface area contributed by atoms with E-state index in [-0.39, 0.29) is 12.1 Å². The summed E-state index contributed by atoms with van der Waals surface area (Å²) >= 11 is 0. The molecule has 0 aliphatic heterocycles. The molecule has 2 N–H and O–H groups in total. The van der Waals surface area contributed by atoms with E-state index in [1.165, 1.54) is 0 Å². The number of pyridine rings is 1. The van der Waals surface area contributed by atoms with Gasteiger partial charge in [0.25, 0.3) is 0 Å². The van der Waals surface area contributed by atoms with E-state index in [1.807, 2.05) is 57.2 Å². The van der Waals surface area contributed by atoms with Crippen molar-refractivity contribution in [3.8, 4) is 5.75 Å². The molecule has 5 nitrogen and oxygen atoms in total. The second-order valence-electron chi connectivity index (χ2n) is 5.93. The van der Waals surface area contributed by atoms with Crippen LogP contribution in [0.2, 0.25) is 0 Å². The molecule has 0 bridgehead atoms. The number of hydrogen-bond acceptors (Lipinski definition) is 3. The molecule has 1 unspecified atom stereocenters. The summed E-state index contributed by atoms with van der Waals surface area (Å²) in [5, 5.41) is 5.93. The highest BCUT2D eigenvalue weighted by Crippen LogP contribution is 2.29. The Morgan fingerprint density at radius 1 is 1.22 bits per heavy atom. The van der Waals surface area contributed by atoms with Crippen LogP contribution < -0.4 is 15.4 Å². The van der Waals surface area contributed by atoms with Crippen LogP contribution in [0.1, 0.15) is 37.9 Å². The first-order valence-electron chi connectivity index (χ1n) is 7.56. The predicted octanol–water partition coefficient (Wildman–Crippen LogP) is 3.39. The van der Waals surface area contributed by atoms with Crippen molar-refractivity contribution in [2.75, 3.05) is 7.11 Å². The topological polar surface area (TPSA) is 63.2 Å². The summed E-state index contributed by atoms with van der Waals surface area (Å²) in [6.07, 6.45) is 3.46. The molecule has 1 aromatic carbocycles. The van der Waals surface area contributed by atoms with E-state index in [1.54, 1.807) is 19.5 Å². The maximum absolute atomic E-state index is 12.3. The maximum Gasteiger partial charge on any atom is 0.315 e. The van der Waals surface area contributed by atoms with Crippen molar-refractivity contribution in [1.29, 1.82) is 0 Å². The number of nitrogens with zero attached hydrogens (tertiary/aromatic N) is 1. The van der Waals surface area contributed by atoms with Crippen LogP contribution in [0.5, 0.6) is 5.75 Å². The van der Waals surface area contributed by atoms with Crippen LogP contribution in [0, 0.1) is 0 Å². The monoisotopic (exact) mass is 313 g/mol. The van der Waals surface area contributed by atoms with Crippen molar-refractivity contribution < 1.29 is 9.53 Å². The number of ether oxygens (including phenoxy) is 1. The van der Waals surface area contributed by atoms with E-state index in [4.69, 9.17) is 4.74 Å². The third kappa shape index (κ3) is 4.22. The largest absolute Gasteiger partial charge is 0.496 e. The summed E-state index contributed by atoms with van der Waals surface area (Å²) in [6, 6.07) is 11.1. The molecule has 0 aliphatic carbocycles. The van der Waals surface area contributed by atoms with Crippen LogP contribution in [0.3, 0.4) is 0 Å². The predicted molar refractivity (Wildman–Crippen MR) is 90.3 cm³/mol. The fourth-order valence-corrected chi connectivity index (χ4v) is 2.46. The number of urea groups is 1. The number of carbonyl (C=O) groups excluding carboxylic acids is 1. The van der Waals surface area contributed by atoms with Crippen LogP contribution in [0.15, 0.2) is 48.8 Å². The lowest BCUT2D eigenvalue weighted by Crippen LogP contribution is -2.47. The molecule has 0 spiro atoms. The van der Waals surface area contributed by atoms with Gasteiger partial charge < -0.3 is 15.4 Å². The minimum absolute atomic E-state index is 0.128. The number of nitrogens with one attached hydrogen (secondary N) is 2. The third-order valence-corrected chi connectivity index (χ3v) is 3.74. The summed E-state index contributed by atoms with van der Waals surface area (Å²) in [7, 11) is 1.62. The van der Waals surface area contributed by atoms with Crippen molar-refractivity contribution >= 4 is 6.03 Å². The molecule has 5 heteroatoms. The van der Waals surface area contributed by atoms with Crippen LogP contribution >= 0.6 is 0 Å². The molecule has 2 aromatic rings. The highest BCUT2D eigenvalue weighted by atomic mass is 16.5. The van der Waals surface area contributed by atoms with Crippen molar-refractivity contribution in [2.45, 2.75) is 32.4 Å². The molecule has 0 saturated carbocycles. The van der Waals surface area contributed by atoms with Crippen molar-refractivity contribution in [2.24, 2.45) is 0 Å². The van der Waals surface area contributed by atoms with Gasteiger partial charge in [0.15, 0.2) is 0 Å². The van der Waals surface area contributed by atoms with Crippen molar-refractivity contribution in [3.63, 3.8) is 0 Å². The smallest absolute Gasteiger partial charge is 0.315 e. The van der Waals surface area contributed by atoms with Gasteiger partial charge in [-0.2, -0.15) is 0 Å². The van der Waals surface area contributed by atoms with Gasteiger partial charge in [0, 0.05) is 18.0 Å². The fraction of sp³-hybridized carbons (Fsp3) is 0.333. The SMILES string of the molecule is COc1ccccc1C(C)(C)NC(=O)NC(C)c1cccnc1. The Morgan fingerprint density at radius 2 is 1.96 bits per heavy atom. The number of methoxy groups -OCH3 is 1. The van der Waals surface area contributed by atoms with Crippen molar-refractivity contribution in [1.82, 2.24) is 15.6 Å². The number of hydrogen-bond donors (Lipinski definition) is 2. The molecule has 1 aromatic heterocycles. The van der Waals surface area contributed by atoms with Gasteiger partial charge in [-0.15, -0.1) is 0 Å². The molecular weight excluding hydrogens is 290 g/mol. The van der Waals surface area contributed by atoms with Gasteiger partial charge in [-0.3, -0.25) is 4.98 Å². The molecule has 0 saturated heterocycles. The Balaban J connectivity index is 2.06. The lowest BCUT2D eigenvalue weighted by atomic mass is 9.93. The number of aromatic nitrogens is 1. The summed E-state index contributed by atoms with van der Waals surface area (Å²) in [4.78, 5) is 16.4. The van der Waals surface area contributed by atoms with Crippen LogP contribution in [-0.4, -0.2) is 18.1 Å². The minimum atomic E-state index is -0.564. The zero-order valence-electron chi connectivity index (χ0n) is 14.0. The first-order chi connectivity index (χ1) is 10.9. The molecular formula is C18H23N3O2. The van der Waals surface area contributed by atoms with E-state index in [2.05, 4.69) is 15.6 Å². The van der Waals surface area contributed by atoms with Crippen molar-refractivity contribution in [3.05, 3.63) is 59.9 Å². The summed E-state index contributed by atoms with van der Waals surface area (Å²) in [5.74, 6) is 0.748. The molecule has 1 heterocycles. The van der Waals surface area contributed by atoms with Gasteiger partial charge >= 0.3 is 6.03 Å². The van der Waals surface area contributed by atoms with Gasteiger partial charge in [0.05, 0.1) is 18.7 Å². The Labute approximate surface area is 137 Å². The average molecular weight is 313 g/mol. The third-order valence-electron chi connectivity index (χ3n) is 3.74. The first kappa shape index (κ1) is 16.8. The number of para-hydroxylation sites is 1. The van der Waals surface area contributed by atoms with E-state index >= 15 is 0 Å². The normalized spacial score (nSPS) is 12.3. The molecule has 0 radical (unpaired) electrons. The van der Waals surface area contributed by atoms with Gasteiger partial charge in [-0.25, -0.2) is 4.79 Å². The number of carbonyl (C=O) groups is 1. The zero-order valence-corrected chi connectivity index (χ0v) is 14.0. The second kappa shape index (κ2) is 7.13. The molecule has 0 fully saturated rings. The average Bonchev–Trinajstić information content (AvgIpc) is 2.55. The lowest BCUT2D eigenvalue weighted by Gasteiger charge is -2.29. The van der Waals surface area contributed by atoms with E-state index in [0.717, 1.165) is 16.9 Å². The fourth-order valence-electron chi connectivity index (χ4n) is 2.46. The number of benzene rings is 1. The highest BCUT2D eigenvalue weighted by Gasteiger charge is 2.26. The van der Waals surface area contributed by atoms with E-state index in [9.17, 15) is 4.79 Å². The summed E-state index contributed by atoms with van der Waals surface area (Å²) < 4.78 is 5.38. The maximum atomic E-state index is 12.3. The van der Waals surface area contributed by atoms with Gasteiger partial charge in [-0.1, -0.05) is 24.3 Å². The quantitative estimate of drug-likeness (QED) is 0.889. The summed E-state index contributed by atoms with van der Waals surface area (Å²) in [6.45, 7) is 5.81. The molecule has 0 aliphatic rings. The van der Waals surface area contributed by atoms with Crippen LogP contribution in [0.25, 0.3) is 0 Å². The minimum Gasteiger partial charge on any atom is -0.496 e. The second-order valence-corrected chi connectivity index (χ2v) is 5.93. The highest BCUT2D eigenvalue weighted by molar-refractivity contribution is 5.75. The van der Waals surface area contributed by atoms with Gasteiger partial charge in [0.2, 0.25) is 0 Å². The Morgan fingerprint density at radius 3 is 2.61 bits per heavy atom. The molecule has 2 rings (SSSR count). The number of amides is 2. The zero-order chi connectivity index (χ0) is 16.9. The first-order valence-corrected chi connectivity index (χ1v) is 7.56. The van der Waals surface area contributed by atoms with E-state index < -0.39 is 5.54 Å². The number of rotatable bonds is 5. The Kier molecular flexibility index (Phi) is 5.21. The Bertz CT molecular complexity index is 656. The van der Waals surface area contributed by atoms with Crippen LogP contribution in [0.4, 0.5) is 4.79 Å². The van der Waals surface area contributed by atoms with Gasteiger partial charge in [-0.05, 0) is 38.5 Å². The Hall–Kier alpha value is -2.56. The van der Waals surface area contributed by atoms with Gasteiger partial charge in [0.1, 0.15) is 5.75 Å². The standard InChI is InChI=1S/C18H23N3O2/c1-13(14-8-7-11-19-12-14)20-17(22)21-18(2,3)15-9-5-6-10-16(15)23-4/h5-13H,1-4H3,(H2,20,21,22). The lowest BCUT2D eigenvalue weighted by molar-refractivity contribution is 0.226. The summed E-state index contributed by atoms with van der Waals surface area (Å²) in [5.41, 5.74) is 1.31.